The molecule has 1 saturated carbocycles. The number of benzene rings is 1. The zero-order chi connectivity index (χ0) is 13.2. The van der Waals surface area contributed by atoms with Gasteiger partial charge in [0, 0.05) is 37.3 Å². The van der Waals surface area contributed by atoms with Crippen LogP contribution < -0.4 is 16.0 Å². The Balaban J connectivity index is 1.92. The summed E-state index contributed by atoms with van der Waals surface area (Å²) in [5, 5.41) is 2.97. The van der Waals surface area contributed by atoms with Gasteiger partial charge in [-0.25, -0.2) is 0 Å². The van der Waals surface area contributed by atoms with Crippen molar-refractivity contribution >= 4 is 11.6 Å². The van der Waals surface area contributed by atoms with Crippen molar-refractivity contribution in [1.82, 2.24) is 5.32 Å². The quantitative estimate of drug-likeness (QED) is 0.822. The summed E-state index contributed by atoms with van der Waals surface area (Å²) in [4.78, 5) is 14.0. The fraction of sp³-hybridized carbons (Fsp3) is 0.500. The molecular formula is C14H21N3O. The maximum absolute atomic E-state index is 12.0. The van der Waals surface area contributed by atoms with E-state index in [2.05, 4.69) is 5.32 Å². The smallest absolute Gasteiger partial charge is 0.251 e. The van der Waals surface area contributed by atoms with Crippen LogP contribution in [-0.4, -0.2) is 33.1 Å². The number of rotatable bonds is 5. The summed E-state index contributed by atoms with van der Waals surface area (Å²) < 4.78 is 0. The molecule has 0 aliphatic heterocycles. The summed E-state index contributed by atoms with van der Waals surface area (Å²) in [7, 11) is 3.96. The molecule has 98 valence electrons. The Kier molecular flexibility index (Phi) is 3.57. The van der Waals surface area contributed by atoms with E-state index in [9.17, 15) is 4.79 Å². The number of nitrogens with zero attached hydrogens (tertiary/aromatic N) is 1. The monoisotopic (exact) mass is 247 g/mol. The van der Waals surface area contributed by atoms with Crippen molar-refractivity contribution in [3.05, 3.63) is 29.8 Å². The van der Waals surface area contributed by atoms with Crippen LogP contribution in [0.2, 0.25) is 0 Å². The zero-order valence-electron chi connectivity index (χ0n) is 11.1. The number of carbonyl (C=O) groups is 1. The van der Waals surface area contributed by atoms with Gasteiger partial charge in [0.2, 0.25) is 0 Å². The SMILES string of the molecule is CN(C)c1ccc(C(=O)NCC2(CN)CC2)cc1. The Labute approximate surface area is 108 Å². The van der Waals surface area contributed by atoms with Crippen LogP contribution in [0.5, 0.6) is 0 Å². The van der Waals surface area contributed by atoms with E-state index in [1.54, 1.807) is 0 Å². The number of hydrogen-bond donors (Lipinski definition) is 2. The highest BCUT2D eigenvalue weighted by atomic mass is 16.1. The lowest BCUT2D eigenvalue weighted by Crippen LogP contribution is -2.33. The van der Waals surface area contributed by atoms with Crippen LogP contribution in [0.3, 0.4) is 0 Å². The molecule has 18 heavy (non-hydrogen) atoms. The summed E-state index contributed by atoms with van der Waals surface area (Å²) in [6, 6.07) is 7.61. The molecule has 1 amide bonds. The second-order valence-electron chi connectivity index (χ2n) is 5.33. The maximum Gasteiger partial charge on any atom is 0.251 e. The summed E-state index contributed by atoms with van der Waals surface area (Å²) in [6.07, 6.45) is 2.26. The van der Waals surface area contributed by atoms with Crippen LogP contribution in [0, 0.1) is 5.41 Å². The molecule has 1 aliphatic carbocycles. The number of anilines is 1. The first-order valence-corrected chi connectivity index (χ1v) is 6.32. The molecule has 4 nitrogen and oxygen atoms in total. The van der Waals surface area contributed by atoms with Crippen molar-refractivity contribution in [3.8, 4) is 0 Å². The fourth-order valence-corrected chi connectivity index (χ4v) is 1.91. The van der Waals surface area contributed by atoms with Gasteiger partial charge in [-0.2, -0.15) is 0 Å². The van der Waals surface area contributed by atoms with E-state index in [-0.39, 0.29) is 11.3 Å². The van der Waals surface area contributed by atoms with Gasteiger partial charge in [-0.15, -0.1) is 0 Å². The summed E-state index contributed by atoms with van der Waals surface area (Å²) >= 11 is 0. The van der Waals surface area contributed by atoms with E-state index in [1.807, 2.05) is 43.3 Å². The third-order valence-electron chi connectivity index (χ3n) is 3.66. The lowest BCUT2D eigenvalue weighted by Gasteiger charge is -2.14. The molecular weight excluding hydrogens is 226 g/mol. The third-order valence-corrected chi connectivity index (χ3v) is 3.66. The number of carbonyl (C=O) groups excluding carboxylic acids is 1. The predicted molar refractivity (Wildman–Crippen MR) is 73.8 cm³/mol. The summed E-state index contributed by atoms with van der Waals surface area (Å²) in [6.45, 7) is 1.35. The third kappa shape index (κ3) is 2.82. The van der Waals surface area contributed by atoms with Crippen LogP contribution in [-0.2, 0) is 0 Å². The first-order chi connectivity index (χ1) is 8.56. The molecule has 4 heteroatoms. The molecule has 0 heterocycles. The highest BCUT2D eigenvalue weighted by molar-refractivity contribution is 5.94. The second kappa shape index (κ2) is 4.98. The van der Waals surface area contributed by atoms with E-state index < -0.39 is 0 Å². The first kappa shape index (κ1) is 12.9. The van der Waals surface area contributed by atoms with Gasteiger partial charge in [-0.05, 0) is 43.7 Å². The fourth-order valence-electron chi connectivity index (χ4n) is 1.91. The molecule has 0 radical (unpaired) electrons. The molecule has 1 aromatic carbocycles. The van der Waals surface area contributed by atoms with Crippen LogP contribution in [0.1, 0.15) is 23.2 Å². The van der Waals surface area contributed by atoms with Gasteiger partial charge in [0.1, 0.15) is 0 Å². The molecule has 1 fully saturated rings. The van der Waals surface area contributed by atoms with Crippen molar-refractivity contribution < 1.29 is 4.79 Å². The molecule has 0 unspecified atom stereocenters. The van der Waals surface area contributed by atoms with E-state index in [4.69, 9.17) is 5.73 Å². The second-order valence-corrected chi connectivity index (χ2v) is 5.33. The molecule has 0 spiro atoms. The minimum Gasteiger partial charge on any atom is -0.378 e. The highest BCUT2D eigenvalue weighted by Crippen LogP contribution is 2.43. The number of nitrogens with one attached hydrogen (secondary N) is 1. The largest absolute Gasteiger partial charge is 0.378 e. The number of hydrogen-bond acceptors (Lipinski definition) is 3. The Hall–Kier alpha value is -1.55. The first-order valence-electron chi connectivity index (χ1n) is 6.32. The van der Waals surface area contributed by atoms with Gasteiger partial charge >= 0.3 is 0 Å². The maximum atomic E-state index is 12.0. The Bertz CT molecular complexity index is 421. The van der Waals surface area contributed by atoms with E-state index in [0.717, 1.165) is 18.5 Å². The van der Waals surface area contributed by atoms with Crippen molar-refractivity contribution in [1.29, 1.82) is 0 Å². The van der Waals surface area contributed by atoms with Crippen LogP contribution >= 0.6 is 0 Å². The molecule has 0 saturated heterocycles. The minimum absolute atomic E-state index is 0.0139. The highest BCUT2D eigenvalue weighted by Gasteiger charge is 2.41. The average Bonchev–Trinajstić information content (AvgIpc) is 3.17. The number of nitrogens with two attached hydrogens (primary N) is 1. The minimum atomic E-state index is -0.0139. The topological polar surface area (TPSA) is 58.4 Å². The van der Waals surface area contributed by atoms with Gasteiger partial charge in [0.15, 0.2) is 0 Å². The Morgan fingerprint density at radius 3 is 2.39 bits per heavy atom. The van der Waals surface area contributed by atoms with Crippen molar-refractivity contribution in [3.63, 3.8) is 0 Å². The number of amides is 1. The Morgan fingerprint density at radius 2 is 1.94 bits per heavy atom. The molecule has 0 atom stereocenters. The van der Waals surface area contributed by atoms with Crippen molar-refractivity contribution in [2.24, 2.45) is 11.1 Å². The zero-order valence-corrected chi connectivity index (χ0v) is 11.1. The van der Waals surface area contributed by atoms with Crippen LogP contribution in [0.15, 0.2) is 24.3 Å². The molecule has 0 aromatic heterocycles. The standard InChI is InChI=1S/C14H21N3O/c1-17(2)12-5-3-11(4-6-12)13(18)16-10-14(9-15)7-8-14/h3-6H,7-10,15H2,1-2H3,(H,16,18). The average molecular weight is 247 g/mol. The van der Waals surface area contributed by atoms with E-state index in [1.165, 1.54) is 0 Å². The van der Waals surface area contributed by atoms with Gasteiger partial charge in [-0.3, -0.25) is 4.79 Å². The molecule has 2 rings (SSSR count). The van der Waals surface area contributed by atoms with E-state index in [0.29, 0.717) is 18.7 Å². The lowest BCUT2D eigenvalue weighted by atomic mass is 10.1. The van der Waals surface area contributed by atoms with Crippen LogP contribution in [0.25, 0.3) is 0 Å². The van der Waals surface area contributed by atoms with E-state index >= 15 is 0 Å². The van der Waals surface area contributed by atoms with Crippen molar-refractivity contribution in [2.75, 3.05) is 32.1 Å². The molecule has 1 aromatic rings. The van der Waals surface area contributed by atoms with Gasteiger partial charge in [-0.1, -0.05) is 0 Å². The van der Waals surface area contributed by atoms with Crippen LogP contribution in [0.4, 0.5) is 5.69 Å². The molecule has 3 N–H and O–H groups in total. The predicted octanol–water partition coefficient (Wildman–Crippen LogP) is 1.22. The normalized spacial score (nSPS) is 16.2. The Morgan fingerprint density at radius 1 is 1.33 bits per heavy atom. The van der Waals surface area contributed by atoms with Gasteiger partial charge < -0.3 is 16.0 Å². The molecule has 1 aliphatic rings. The summed E-state index contributed by atoms with van der Waals surface area (Å²) in [5.41, 5.74) is 7.66. The summed E-state index contributed by atoms with van der Waals surface area (Å²) in [5.74, 6) is -0.0139. The van der Waals surface area contributed by atoms with Gasteiger partial charge in [0.05, 0.1) is 0 Å². The lowest BCUT2D eigenvalue weighted by molar-refractivity contribution is 0.0945. The van der Waals surface area contributed by atoms with Gasteiger partial charge in [0.25, 0.3) is 5.91 Å². The van der Waals surface area contributed by atoms with Crippen molar-refractivity contribution in [2.45, 2.75) is 12.8 Å². The molecule has 0 bridgehead atoms.